The number of hydrogen-bond donors (Lipinski definition) is 1. The van der Waals surface area contributed by atoms with Crippen molar-refractivity contribution in [1.29, 1.82) is 0 Å². The Kier molecular flexibility index (Phi) is 4.75. The molecule has 0 radical (unpaired) electrons. The van der Waals surface area contributed by atoms with E-state index in [1.165, 1.54) is 47.1 Å². The van der Waals surface area contributed by atoms with Gasteiger partial charge in [0.05, 0.1) is 0 Å². The third-order valence-corrected chi connectivity index (χ3v) is 5.46. The monoisotopic (exact) mass is 342 g/mol. The lowest BCUT2D eigenvalue weighted by Crippen LogP contribution is -2.14. The molecule has 3 aliphatic rings. The van der Waals surface area contributed by atoms with Gasteiger partial charge in [0.25, 0.3) is 0 Å². The van der Waals surface area contributed by atoms with Crippen LogP contribution in [-0.2, 0) is 19.3 Å². The van der Waals surface area contributed by atoms with Gasteiger partial charge in [-0.25, -0.2) is 0 Å². The van der Waals surface area contributed by atoms with Crippen molar-refractivity contribution in [3.05, 3.63) is 77.0 Å². The molecule has 0 spiro atoms. The molecule has 2 aromatic carbocycles. The second-order valence-electron chi connectivity index (χ2n) is 7.36. The lowest BCUT2D eigenvalue weighted by molar-refractivity contribution is 0.702. The van der Waals surface area contributed by atoms with Crippen molar-refractivity contribution >= 4 is 11.8 Å². The van der Waals surface area contributed by atoms with Crippen LogP contribution in [0.15, 0.2) is 59.7 Å². The molecule has 1 atom stereocenters. The van der Waals surface area contributed by atoms with E-state index in [1.54, 1.807) is 17.3 Å². The predicted molar refractivity (Wildman–Crippen MR) is 111 cm³/mol. The summed E-state index contributed by atoms with van der Waals surface area (Å²) in [4.78, 5) is 3.85. The number of aliphatic imine (C=N–C) groups is 1. The molecule has 2 aliphatic carbocycles. The third-order valence-electron chi connectivity index (χ3n) is 5.46. The smallest absolute Gasteiger partial charge is 0.107 e. The highest BCUT2D eigenvalue weighted by Gasteiger charge is 2.23. The minimum Gasteiger partial charge on any atom is -0.372 e. The van der Waals surface area contributed by atoms with E-state index in [2.05, 4.69) is 66.6 Å². The van der Waals surface area contributed by atoms with E-state index in [1.807, 2.05) is 12.3 Å². The molecule has 1 aliphatic heterocycles. The Hall–Kier alpha value is -2.61. The molecule has 0 bridgehead atoms. The van der Waals surface area contributed by atoms with Gasteiger partial charge in [-0.05, 0) is 83.3 Å². The van der Waals surface area contributed by atoms with Gasteiger partial charge in [0, 0.05) is 6.21 Å². The largest absolute Gasteiger partial charge is 0.372 e. The van der Waals surface area contributed by atoms with E-state index < -0.39 is 0 Å². The van der Waals surface area contributed by atoms with Gasteiger partial charge in [-0.15, -0.1) is 0 Å². The van der Waals surface area contributed by atoms with Crippen LogP contribution in [0.25, 0.3) is 16.7 Å². The first-order chi connectivity index (χ1) is 12.7. The molecular weight excluding hydrogens is 316 g/mol. The lowest BCUT2D eigenvalue weighted by Gasteiger charge is -2.28. The first-order valence-corrected chi connectivity index (χ1v) is 9.54. The van der Waals surface area contributed by atoms with Gasteiger partial charge in [-0.3, -0.25) is 4.99 Å². The average Bonchev–Trinajstić information content (AvgIpc) is 2.69. The van der Waals surface area contributed by atoms with Gasteiger partial charge >= 0.3 is 0 Å². The number of rotatable bonds is 0. The first kappa shape index (κ1) is 16.8. The summed E-state index contributed by atoms with van der Waals surface area (Å²) in [6.45, 7) is 5.33. The summed E-state index contributed by atoms with van der Waals surface area (Å²) in [7, 11) is 0. The summed E-state index contributed by atoms with van der Waals surface area (Å²) < 4.78 is 0. The molecule has 0 amide bonds. The molecule has 0 fully saturated rings. The maximum atomic E-state index is 3.85. The van der Waals surface area contributed by atoms with Gasteiger partial charge < -0.3 is 5.32 Å². The number of hydrogen-bond acceptors (Lipinski definition) is 2. The Labute approximate surface area is 156 Å². The normalized spacial score (nSPS) is 19.2. The Balaban J connectivity index is 0.000000240. The topological polar surface area (TPSA) is 24.4 Å². The van der Waals surface area contributed by atoms with Crippen molar-refractivity contribution in [2.45, 2.75) is 33.1 Å². The van der Waals surface area contributed by atoms with E-state index in [0.717, 1.165) is 6.67 Å². The summed E-state index contributed by atoms with van der Waals surface area (Å²) in [5.74, 6) is 0.672. The minimum absolute atomic E-state index is 0.672. The van der Waals surface area contributed by atoms with Gasteiger partial charge in [-0.1, -0.05) is 49.4 Å². The van der Waals surface area contributed by atoms with Crippen LogP contribution in [0.3, 0.4) is 0 Å². The quantitative estimate of drug-likeness (QED) is 0.701. The molecule has 2 nitrogen and oxygen atoms in total. The Morgan fingerprint density at radius 2 is 1.81 bits per heavy atom. The van der Waals surface area contributed by atoms with Crippen molar-refractivity contribution in [3.8, 4) is 11.1 Å². The second-order valence-corrected chi connectivity index (χ2v) is 7.36. The standard InChI is InChI=1S/C20H20.C4H6N2/c1-13-11-14(2)16-9-10-18-17-6-4-3-5-15(17)7-8-19(18)20(16)12-13;1-2-5-4-6-3-1/h3-6,9-11,13H,7-8,12H2,1-2H3;1-3,5H,4H2. The lowest BCUT2D eigenvalue weighted by atomic mass is 9.76. The van der Waals surface area contributed by atoms with Crippen LogP contribution >= 0.6 is 0 Å². The van der Waals surface area contributed by atoms with Gasteiger partial charge in [0.2, 0.25) is 0 Å². The van der Waals surface area contributed by atoms with E-state index in [0.29, 0.717) is 5.92 Å². The van der Waals surface area contributed by atoms with Crippen LogP contribution in [0, 0.1) is 5.92 Å². The van der Waals surface area contributed by atoms with Gasteiger partial charge in [-0.2, -0.15) is 0 Å². The summed E-state index contributed by atoms with van der Waals surface area (Å²) in [6, 6.07) is 13.6. The fraction of sp³-hybridized carbons (Fsp3) is 0.292. The third kappa shape index (κ3) is 3.24. The van der Waals surface area contributed by atoms with Crippen LogP contribution in [0.2, 0.25) is 0 Å². The molecule has 1 N–H and O–H groups in total. The SMILES string of the molecule is C1=CNCN=C1.CC1=CC(C)Cc2c1ccc1c2CCc2ccccc2-1. The Bertz CT molecular complexity index is 890. The number of aryl methyl sites for hydroxylation is 1. The maximum Gasteiger partial charge on any atom is 0.107 e. The van der Waals surface area contributed by atoms with Crippen molar-refractivity contribution in [3.63, 3.8) is 0 Å². The number of nitrogens with one attached hydrogen (secondary N) is 1. The molecule has 1 unspecified atom stereocenters. The fourth-order valence-electron chi connectivity index (χ4n) is 4.32. The highest BCUT2D eigenvalue weighted by Crippen LogP contribution is 2.40. The summed E-state index contributed by atoms with van der Waals surface area (Å²) in [6.07, 6.45) is 11.5. The van der Waals surface area contributed by atoms with Crippen LogP contribution in [0.4, 0.5) is 0 Å². The van der Waals surface area contributed by atoms with Crippen LogP contribution in [-0.4, -0.2) is 12.9 Å². The molecule has 0 saturated heterocycles. The van der Waals surface area contributed by atoms with Gasteiger partial charge in [0.15, 0.2) is 0 Å². The van der Waals surface area contributed by atoms with Crippen molar-refractivity contribution in [2.75, 3.05) is 6.67 Å². The number of nitrogens with zero attached hydrogens (tertiary/aromatic N) is 1. The molecule has 132 valence electrons. The second kappa shape index (κ2) is 7.33. The van der Waals surface area contributed by atoms with Crippen LogP contribution in [0.5, 0.6) is 0 Å². The predicted octanol–water partition coefficient (Wildman–Crippen LogP) is 5.18. The molecule has 2 heteroatoms. The summed E-state index contributed by atoms with van der Waals surface area (Å²) in [5.41, 5.74) is 10.6. The Morgan fingerprint density at radius 3 is 2.54 bits per heavy atom. The average molecular weight is 342 g/mol. The summed E-state index contributed by atoms with van der Waals surface area (Å²) in [5, 5.41) is 2.91. The zero-order valence-electron chi connectivity index (χ0n) is 15.6. The molecule has 1 heterocycles. The van der Waals surface area contributed by atoms with Crippen LogP contribution < -0.4 is 5.32 Å². The zero-order valence-corrected chi connectivity index (χ0v) is 15.6. The van der Waals surface area contributed by atoms with Crippen LogP contribution in [0.1, 0.15) is 36.1 Å². The van der Waals surface area contributed by atoms with E-state index >= 15 is 0 Å². The molecular formula is C24H26N2. The highest BCUT2D eigenvalue weighted by molar-refractivity contribution is 5.80. The molecule has 0 saturated carbocycles. The Morgan fingerprint density at radius 1 is 0.962 bits per heavy atom. The minimum atomic E-state index is 0.672. The van der Waals surface area contributed by atoms with Crippen molar-refractivity contribution in [2.24, 2.45) is 10.9 Å². The van der Waals surface area contributed by atoms with E-state index in [-0.39, 0.29) is 0 Å². The molecule has 26 heavy (non-hydrogen) atoms. The first-order valence-electron chi connectivity index (χ1n) is 9.54. The molecule has 5 rings (SSSR count). The highest BCUT2D eigenvalue weighted by atomic mass is 15.0. The molecule has 2 aromatic rings. The number of allylic oxidation sites excluding steroid dienone is 3. The maximum absolute atomic E-state index is 3.85. The van der Waals surface area contributed by atoms with E-state index in [9.17, 15) is 0 Å². The van der Waals surface area contributed by atoms with Crippen molar-refractivity contribution < 1.29 is 0 Å². The van der Waals surface area contributed by atoms with E-state index in [4.69, 9.17) is 0 Å². The number of benzene rings is 2. The van der Waals surface area contributed by atoms with Crippen molar-refractivity contribution in [1.82, 2.24) is 5.32 Å². The number of fused-ring (bicyclic) bond motifs is 5. The molecule has 0 aromatic heterocycles. The van der Waals surface area contributed by atoms with Gasteiger partial charge in [0.1, 0.15) is 6.67 Å². The summed E-state index contributed by atoms with van der Waals surface area (Å²) >= 11 is 0. The zero-order chi connectivity index (χ0) is 17.9. The fourth-order valence-corrected chi connectivity index (χ4v) is 4.32.